The summed E-state index contributed by atoms with van der Waals surface area (Å²) in [4.78, 5) is 4.37. The van der Waals surface area contributed by atoms with E-state index < -0.39 is 6.04 Å². The number of hydrogen-bond acceptors (Lipinski definition) is 3. The molecule has 2 heterocycles. The first-order valence-electron chi connectivity index (χ1n) is 4.85. The Kier molecular flexibility index (Phi) is 2.76. The van der Waals surface area contributed by atoms with Gasteiger partial charge in [0.25, 0.3) is 0 Å². The van der Waals surface area contributed by atoms with E-state index in [1.54, 1.807) is 0 Å². The molecule has 0 bridgehead atoms. The second kappa shape index (κ2) is 3.88. The van der Waals surface area contributed by atoms with Gasteiger partial charge in [0.05, 0.1) is 18.3 Å². The summed E-state index contributed by atoms with van der Waals surface area (Å²) in [5.41, 5.74) is 6.33. The maximum absolute atomic E-state index is 8.94. The van der Waals surface area contributed by atoms with Crippen molar-refractivity contribution in [2.45, 2.75) is 31.8 Å². The van der Waals surface area contributed by atoms with E-state index in [1.807, 2.05) is 4.57 Å². The zero-order valence-electron chi connectivity index (χ0n) is 7.91. The van der Waals surface area contributed by atoms with Crippen molar-refractivity contribution in [3.05, 3.63) is 16.7 Å². The maximum Gasteiger partial charge on any atom is 0.133 e. The zero-order chi connectivity index (χ0) is 10.1. The largest absolute Gasteiger partial charge is 0.394 e. The number of halogens is 1. The van der Waals surface area contributed by atoms with Crippen LogP contribution in [0.4, 0.5) is 0 Å². The molecule has 0 radical (unpaired) electrons. The Labute approximate surface area is 87.7 Å². The summed E-state index contributed by atoms with van der Waals surface area (Å²) in [6.07, 6.45) is 3.25. The molecule has 1 atom stereocenters. The van der Waals surface area contributed by atoms with Gasteiger partial charge in [0.1, 0.15) is 11.0 Å². The van der Waals surface area contributed by atoms with Crippen molar-refractivity contribution >= 4 is 11.6 Å². The molecule has 2 rings (SSSR count). The van der Waals surface area contributed by atoms with E-state index >= 15 is 0 Å². The van der Waals surface area contributed by atoms with Gasteiger partial charge in [0.2, 0.25) is 0 Å². The second-order valence-corrected chi connectivity index (χ2v) is 3.96. The third-order valence-corrected chi connectivity index (χ3v) is 2.99. The van der Waals surface area contributed by atoms with Crippen LogP contribution in [0, 0.1) is 0 Å². The average molecular weight is 216 g/mol. The molecule has 0 saturated carbocycles. The molecule has 78 valence electrons. The zero-order valence-corrected chi connectivity index (χ0v) is 8.67. The van der Waals surface area contributed by atoms with Crippen LogP contribution in [0.5, 0.6) is 0 Å². The first-order chi connectivity index (χ1) is 6.74. The van der Waals surface area contributed by atoms with Gasteiger partial charge < -0.3 is 15.4 Å². The summed E-state index contributed by atoms with van der Waals surface area (Å²) in [5.74, 6) is 1.00. The van der Waals surface area contributed by atoms with Crippen molar-refractivity contribution in [2.75, 3.05) is 6.61 Å². The third kappa shape index (κ3) is 1.54. The summed E-state index contributed by atoms with van der Waals surface area (Å²) in [6.45, 7) is 0.801. The molecule has 0 spiro atoms. The lowest BCUT2D eigenvalue weighted by atomic mass is 10.2. The standard InChI is InChI=1S/C9H14ClN3O/c10-9-8(6(11)5-14)12-7-3-1-2-4-13(7)9/h6,14H,1-5,11H2. The van der Waals surface area contributed by atoms with Gasteiger partial charge >= 0.3 is 0 Å². The number of aromatic nitrogens is 2. The lowest BCUT2D eigenvalue weighted by Gasteiger charge is -2.13. The van der Waals surface area contributed by atoms with Crippen LogP contribution in [0.2, 0.25) is 5.15 Å². The monoisotopic (exact) mass is 215 g/mol. The summed E-state index contributed by atoms with van der Waals surface area (Å²) < 4.78 is 2.00. The molecule has 0 fully saturated rings. The lowest BCUT2D eigenvalue weighted by Crippen LogP contribution is -2.15. The minimum Gasteiger partial charge on any atom is -0.394 e. The summed E-state index contributed by atoms with van der Waals surface area (Å²) in [5, 5.41) is 9.54. The van der Waals surface area contributed by atoms with Gasteiger partial charge in [-0.15, -0.1) is 0 Å². The fraction of sp³-hybridized carbons (Fsp3) is 0.667. The van der Waals surface area contributed by atoms with Crippen molar-refractivity contribution in [3.8, 4) is 0 Å². The third-order valence-electron chi connectivity index (χ3n) is 2.59. The molecule has 14 heavy (non-hydrogen) atoms. The Morgan fingerprint density at radius 1 is 1.57 bits per heavy atom. The molecule has 1 aromatic heterocycles. The summed E-state index contributed by atoms with van der Waals surface area (Å²) >= 11 is 6.13. The lowest BCUT2D eigenvalue weighted by molar-refractivity contribution is 0.266. The topological polar surface area (TPSA) is 64.1 Å². The SMILES string of the molecule is NC(CO)c1nc2n(c1Cl)CCCC2. The van der Waals surface area contributed by atoms with E-state index in [0.717, 1.165) is 31.6 Å². The highest BCUT2D eigenvalue weighted by Crippen LogP contribution is 2.26. The Bertz CT molecular complexity index is 337. The van der Waals surface area contributed by atoms with Crippen LogP contribution in [0.3, 0.4) is 0 Å². The van der Waals surface area contributed by atoms with Gasteiger partial charge in [0, 0.05) is 13.0 Å². The predicted molar refractivity (Wildman–Crippen MR) is 54.2 cm³/mol. The first-order valence-corrected chi connectivity index (χ1v) is 5.23. The van der Waals surface area contributed by atoms with E-state index in [2.05, 4.69) is 4.98 Å². The number of nitrogens with two attached hydrogens (primary N) is 1. The fourth-order valence-corrected chi connectivity index (χ4v) is 2.16. The highest BCUT2D eigenvalue weighted by atomic mass is 35.5. The smallest absolute Gasteiger partial charge is 0.133 e. The molecule has 0 aliphatic carbocycles. The normalized spacial score (nSPS) is 17.9. The number of nitrogens with zero attached hydrogens (tertiary/aromatic N) is 2. The molecule has 0 saturated heterocycles. The van der Waals surface area contributed by atoms with E-state index in [0.29, 0.717) is 10.8 Å². The molecule has 5 heteroatoms. The number of aryl methyl sites for hydroxylation is 1. The van der Waals surface area contributed by atoms with Gasteiger partial charge in [-0.1, -0.05) is 11.6 Å². The Hall–Kier alpha value is -0.580. The average Bonchev–Trinajstić information content (AvgIpc) is 2.56. The van der Waals surface area contributed by atoms with E-state index in [4.69, 9.17) is 22.4 Å². The van der Waals surface area contributed by atoms with Crippen molar-refractivity contribution in [1.82, 2.24) is 9.55 Å². The van der Waals surface area contributed by atoms with E-state index in [-0.39, 0.29) is 6.61 Å². The maximum atomic E-state index is 8.94. The number of fused-ring (bicyclic) bond motifs is 1. The van der Waals surface area contributed by atoms with E-state index in [9.17, 15) is 0 Å². The van der Waals surface area contributed by atoms with Crippen LogP contribution in [-0.2, 0) is 13.0 Å². The molecule has 1 unspecified atom stereocenters. The molecule has 1 aromatic rings. The highest BCUT2D eigenvalue weighted by Gasteiger charge is 2.21. The predicted octanol–water partition coefficient (Wildman–Crippen LogP) is 0.865. The molecule has 4 nitrogen and oxygen atoms in total. The van der Waals surface area contributed by atoms with Crippen molar-refractivity contribution in [1.29, 1.82) is 0 Å². The Morgan fingerprint density at radius 3 is 3.00 bits per heavy atom. The molecule has 3 N–H and O–H groups in total. The molecular formula is C9H14ClN3O. The van der Waals surface area contributed by atoms with Gasteiger partial charge in [-0.25, -0.2) is 4.98 Å². The Morgan fingerprint density at radius 2 is 2.36 bits per heavy atom. The van der Waals surface area contributed by atoms with E-state index in [1.165, 1.54) is 0 Å². The quantitative estimate of drug-likeness (QED) is 0.770. The first kappa shape index (κ1) is 9.96. The summed E-state index contributed by atoms with van der Waals surface area (Å²) in [7, 11) is 0. The fourth-order valence-electron chi connectivity index (χ4n) is 1.79. The van der Waals surface area contributed by atoms with Crippen LogP contribution >= 0.6 is 11.6 Å². The van der Waals surface area contributed by atoms with Crippen LogP contribution in [0.25, 0.3) is 0 Å². The molecule has 0 aromatic carbocycles. The van der Waals surface area contributed by atoms with Crippen LogP contribution in [0.15, 0.2) is 0 Å². The van der Waals surface area contributed by atoms with Crippen molar-refractivity contribution in [2.24, 2.45) is 5.73 Å². The molecule has 1 aliphatic rings. The number of rotatable bonds is 2. The minimum absolute atomic E-state index is 0.115. The van der Waals surface area contributed by atoms with Gasteiger partial charge in [-0.2, -0.15) is 0 Å². The summed E-state index contributed by atoms with van der Waals surface area (Å²) in [6, 6.07) is -0.458. The van der Waals surface area contributed by atoms with Gasteiger partial charge in [-0.05, 0) is 12.8 Å². The highest BCUT2D eigenvalue weighted by molar-refractivity contribution is 6.30. The van der Waals surface area contributed by atoms with Crippen molar-refractivity contribution in [3.63, 3.8) is 0 Å². The minimum atomic E-state index is -0.458. The van der Waals surface area contributed by atoms with Gasteiger partial charge in [0.15, 0.2) is 0 Å². The second-order valence-electron chi connectivity index (χ2n) is 3.60. The number of aliphatic hydroxyl groups excluding tert-OH is 1. The molecular weight excluding hydrogens is 202 g/mol. The van der Waals surface area contributed by atoms with Crippen LogP contribution in [0.1, 0.15) is 30.4 Å². The number of imidazole rings is 1. The van der Waals surface area contributed by atoms with Crippen LogP contribution in [-0.4, -0.2) is 21.3 Å². The number of aliphatic hydroxyl groups is 1. The molecule has 0 amide bonds. The number of hydrogen-bond donors (Lipinski definition) is 2. The van der Waals surface area contributed by atoms with Gasteiger partial charge in [-0.3, -0.25) is 0 Å². The van der Waals surface area contributed by atoms with Crippen LogP contribution < -0.4 is 5.73 Å². The Balaban J connectivity index is 2.38. The van der Waals surface area contributed by atoms with Crippen molar-refractivity contribution < 1.29 is 5.11 Å². The molecule has 1 aliphatic heterocycles.